The minimum atomic E-state index is 0.203. The maximum atomic E-state index is 2.35. The molecule has 1 heteroatoms. The molecule has 0 heterocycles. The standard InChI is InChI=1S/C21H25.C15H11.C13H10.Zr/c1-20(2,3)16-7-9-18-14(12-16)11-15-13-17(21(4,5)6)8-10-19(15)18;1-2-6-12(7-3-1)15-10-13-8-4-5-9-14(13)11-15;1-3-7-12(8-4-1)11-13-9-5-2-6-10-13;/h7-13H,1-6H3;1-11H;1-10H;/q2*-1;;+2. The second kappa shape index (κ2) is 15.2. The van der Waals surface area contributed by atoms with Crippen LogP contribution in [0.25, 0.3) is 43.4 Å². The molecule has 0 spiro atoms. The smallest absolute Gasteiger partial charge is 0.0635 e. The first-order valence-corrected chi connectivity index (χ1v) is 18.7. The molecule has 0 saturated heterocycles. The van der Waals surface area contributed by atoms with Gasteiger partial charge in [-0.25, -0.2) is 0 Å². The third-order valence-corrected chi connectivity index (χ3v) is 10.7. The molecular formula is C49H46Zr. The van der Waals surface area contributed by atoms with Gasteiger partial charge < -0.3 is 0 Å². The summed E-state index contributed by atoms with van der Waals surface area (Å²) in [7, 11) is 0. The Morgan fingerprint density at radius 2 is 0.880 bits per heavy atom. The molecule has 0 fully saturated rings. The van der Waals surface area contributed by atoms with E-state index in [4.69, 9.17) is 0 Å². The molecule has 0 N–H and O–H groups in total. The Kier molecular flexibility index (Phi) is 10.8. The van der Waals surface area contributed by atoms with Gasteiger partial charge in [0.15, 0.2) is 0 Å². The summed E-state index contributed by atoms with van der Waals surface area (Å²) in [6, 6.07) is 60.7. The molecule has 0 bridgehead atoms. The van der Waals surface area contributed by atoms with Crippen LogP contribution in [-0.2, 0) is 35.1 Å². The van der Waals surface area contributed by atoms with Crippen molar-refractivity contribution in [3.63, 3.8) is 0 Å². The molecule has 246 valence electrons. The van der Waals surface area contributed by atoms with Crippen LogP contribution < -0.4 is 0 Å². The quantitative estimate of drug-likeness (QED) is 0.159. The van der Waals surface area contributed by atoms with E-state index >= 15 is 0 Å². The van der Waals surface area contributed by atoms with Crippen LogP contribution in [0.4, 0.5) is 0 Å². The minimum absolute atomic E-state index is 0.203. The van der Waals surface area contributed by atoms with Crippen LogP contribution in [0.3, 0.4) is 0 Å². The average molecular weight is 726 g/mol. The van der Waals surface area contributed by atoms with Gasteiger partial charge in [0.1, 0.15) is 0 Å². The van der Waals surface area contributed by atoms with Gasteiger partial charge in [-0.1, -0.05) is 131 Å². The third kappa shape index (κ3) is 8.46. The van der Waals surface area contributed by atoms with E-state index in [9.17, 15) is 0 Å². The fourth-order valence-corrected chi connectivity index (χ4v) is 7.10. The number of fused-ring (bicyclic) bond motifs is 4. The zero-order valence-corrected chi connectivity index (χ0v) is 32.6. The topological polar surface area (TPSA) is 0 Å². The van der Waals surface area contributed by atoms with Gasteiger partial charge in [0.05, 0.1) is 0 Å². The van der Waals surface area contributed by atoms with Gasteiger partial charge in [-0.3, -0.25) is 0 Å². The van der Waals surface area contributed by atoms with E-state index in [-0.39, 0.29) is 10.8 Å². The van der Waals surface area contributed by atoms with Crippen molar-refractivity contribution in [3.8, 4) is 11.1 Å². The minimum Gasteiger partial charge on any atom is -0.145 e. The van der Waals surface area contributed by atoms with Gasteiger partial charge in [-0.2, -0.15) is 0 Å². The molecule has 0 unspecified atom stereocenters. The first-order valence-electron chi connectivity index (χ1n) is 17.5. The van der Waals surface area contributed by atoms with Gasteiger partial charge in [0.25, 0.3) is 0 Å². The molecule has 50 heavy (non-hydrogen) atoms. The number of benzene rings is 6. The molecule has 0 aliphatic heterocycles. The summed E-state index contributed by atoms with van der Waals surface area (Å²) in [6.07, 6.45) is 0. The van der Waals surface area contributed by atoms with Crippen molar-refractivity contribution >= 4 is 35.5 Å². The number of hydrogen-bond acceptors (Lipinski definition) is 0. The largest absolute Gasteiger partial charge is 0.145 e. The molecule has 0 aromatic heterocycles. The summed E-state index contributed by atoms with van der Waals surface area (Å²) in [5, 5.41) is 8.11. The van der Waals surface area contributed by atoms with Gasteiger partial charge in [0.2, 0.25) is 0 Å². The van der Waals surface area contributed by atoms with Crippen LogP contribution in [-0.4, -0.2) is 3.21 Å². The second-order valence-electron chi connectivity index (χ2n) is 15.1. The number of hydrogen-bond donors (Lipinski definition) is 0. The van der Waals surface area contributed by atoms with Crippen molar-refractivity contribution in [2.45, 2.75) is 52.4 Å². The molecular weight excluding hydrogens is 680 g/mol. The summed E-state index contributed by atoms with van der Waals surface area (Å²) < 4.78 is 1.42. The van der Waals surface area contributed by atoms with Crippen LogP contribution in [0, 0.1) is 0 Å². The average Bonchev–Trinajstić information content (AvgIpc) is 3.73. The van der Waals surface area contributed by atoms with Crippen LogP contribution in [0.5, 0.6) is 0 Å². The normalized spacial score (nSPS) is 11.5. The number of rotatable bonds is 3. The first-order chi connectivity index (χ1) is 24.0. The molecule has 8 aromatic carbocycles. The predicted molar refractivity (Wildman–Crippen MR) is 216 cm³/mol. The van der Waals surface area contributed by atoms with E-state index in [1.54, 1.807) is 0 Å². The molecule has 0 aliphatic carbocycles. The van der Waals surface area contributed by atoms with Gasteiger partial charge in [-0.15, -0.1) is 74.3 Å². The van der Waals surface area contributed by atoms with Crippen molar-refractivity contribution in [1.82, 2.24) is 0 Å². The Hall–Kier alpha value is -4.45. The summed E-state index contributed by atoms with van der Waals surface area (Å²) >= 11 is 1.46. The van der Waals surface area contributed by atoms with Crippen LogP contribution in [0.2, 0.25) is 0 Å². The van der Waals surface area contributed by atoms with E-state index < -0.39 is 0 Å². The fourth-order valence-electron chi connectivity index (χ4n) is 6.28. The van der Waals surface area contributed by atoms with E-state index in [0.717, 1.165) is 0 Å². The van der Waals surface area contributed by atoms with Crippen molar-refractivity contribution in [1.29, 1.82) is 0 Å². The predicted octanol–water partition coefficient (Wildman–Crippen LogP) is 13.3. The Labute approximate surface area is 313 Å². The van der Waals surface area contributed by atoms with Crippen molar-refractivity contribution < 1.29 is 24.2 Å². The second-order valence-corrected chi connectivity index (χ2v) is 16.3. The van der Waals surface area contributed by atoms with Gasteiger partial charge in [0, 0.05) is 0 Å². The molecule has 8 aromatic rings. The maximum Gasteiger partial charge on any atom is -0.0635 e. The van der Waals surface area contributed by atoms with Crippen molar-refractivity contribution in [2.24, 2.45) is 0 Å². The maximum absolute atomic E-state index is 2.35. The van der Waals surface area contributed by atoms with Crippen LogP contribution in [0.15, 0.2) is 170 Å². The molecule has 0 amide bonds. The van der Waals surface area contributed by atoms with Crippen molar-refractivity contribution in [2.75, 3.05) is 0 Å². The van der Waals surface area contributed by atoms with Crippen LogP contribution >= 0.6 is 0 Å². The zero-order valence-electron chi connectivity index (χ0n) is 30.2. The molecule has 0 atom stereocenters. The Balaban J connectivity index is 0.000000133. The van der Waals surface area contributed by atoms with Gasteiger partial charge in [-0.05, 0) is 10.8 Å². The van der Waals surface area contributed by atoms with Gasteiger partial charge >= 0.3 is 99.2 Å². The molecule has 0 saturated carbocycles. The molecule has 0 aliphatic rings. The Morgan fingerprint density at radius 3 is 1.34 bits per heavy atom. The van der Waals surface area contributed by atoms with Crippen LogP contribution in [0.1, 0.15) is 63.8 Å². The summed E-state index contributed by atoms with van der Waals surface area (Å²) in [5.74, 6) is 0. The molecule has 0 radical (unpaired) electrons. The molecule has 0 nitrogen and oxygen atoms in total. The summed E-state index contributed by atoms with van der Waals surface area (Å²) in [4.78, 5) is 0. The zero-order chi connectivity index (χ0) is 35.3. The SMILES string of the molecule is CC(C)(C)c1ccc2c(c1)[cH-]c1cc(C(C)(C)C)ccc12.[Zr+2]=[C](c1ccccc1)c1ccccc1.c1ccc(-c2cc3ccccc3[cH-]2)cc1. The van der Waals surface area contributed by atoms with E-state index in [0.29, 0.717) is 0 Å². The third-order valence-electron chi connectivity index (χ3n) is 9.29. The summed E-state index contributed by atoms with van der Waals surface area (Å²) in [6.45, 7) is 13.6. The van der Waals surface area contributed by atoms with E-state index in [1.165, 1.54) is 93.1 Å². The fraction of sp³-hybridized carbons (Fsp3) is 0.163. The first kappa shape index (κ1) is 35.4. The monoisotopic (exact) mass is 724 g/mol. The van der Waals surface area contributed by atoms with E-state index in [2.05, 4.69) is 205 Å². The molecule has 8 rings (SSSR count). The van der Waals surface area contributed by atoms with E-state index in [1.807, 2.05) is 6.07 Å². The summed E-state index contributed by atoms with van der Waals surface area (Å²) in [5.41, 5.74) is 8.46. The Bertz CT molecular complexity index is 2180. The Morgan fingerprint density at radius 1 is 0.440 bits per heavy atom. The van der Waals surface area contributed by atoms with Crippen molar-refractivity contribution in [3.05, 3.63) is 192 Å².